The lowest BCUT2D eigenvalue weighted by Crippen LogP contribution is -2.55. The van der Waals surface area contributed by atoms with E-state index in [0.717, 1.165) is 19.3 Å². The predicted molar refractivity (Wildman–Crippen MR) is 73.9 cm³/mol. The summed E-state index contributed by atoms with van der Waals surface area (Å²) in [6.45, 7) is 8.15. The van der Waals surface area contributed by atoms with Gasteiger partial charge in [-0.15, -0.1) is 0 Å². The van der Waals surface area contributed by atoms with Crippen molar-refractivity contribution in [3.05, 3.63) is 11.8 Å². The SMILES string of the molecule is COC=C1CC2(CCN(C(=O)O)CC2)C1C(C)(C)C. The van der Waals surface area contributed by atoms with Crippen molar-refractivity contribution >= 4 is 6.09 Å². The van der Waals surface area contributed by atoms with Crippen LogP contribution in [0.4, 0.5) is 4.79 Å². The Bertz CT molecular complexity index is 387. The molecule has 19 heavy (non-hydrogen) atoms. The number of ether oxygens (including phenoxy) is 1. The molecular formula is C15H25NO3. The first-order valence-electron chi connectivity index (χ1n) is 7.00. The molecular weight excluding hydrogens is 242 g/mol. The molecule has 0 aromatic rings. The number of carboxylic acid groups (broad SMARTS) is 1. The monoisotopic (exact) mass is 267 g/mol. The molecule has 0 aromatic heterocycles. The summed E-state index contributed by atoms with van der Waals surface area (Å²) in [4.78, 5) is 12.6. The van der Waals surface area contributed by atoms with Gasteiger partial charge in [0, 0.05) is 13.1 Å². The minimum Gasteiger partial charge on any atom is -0.504 e. The number of rotatable bonds is 1. The van der Waals surface area contributed by atoms with E-state index in [1.165, 1.54) is 5.57 Å². The van der Waals surface area contributed by atoms with Crippen LogP contribution >= 0.6 is 0 Å². The van der Waals surface area contributed by atoms with E-state index in [2.05, 4.69) is 20.8 Å². The van der Waals surface area contributed by atoms with E-state index in [1.54, 1.807) is 12.0 Å². The van der Waals surface area contributed by atoms with Crippen molar-refractivity contribution < 1.29 is 14.6 Å². The fraction of sp³-hybridized carbons (Fsp3) is 0.800. The van der Waals surface area contributed by atoms with Gasteiger partial charge in [-0.05, 0) is 41.6 Å². The van der Waals surface area contributed by atoms with Crippen LogP contribution in [0.1, 0.15) is 40.0 Å². The van der Waals surface area contributed by atoms with Gasteiger partial charge in [0.05, 0.1) is 13.4 Å². The quantitative estimate of drug-likeness (QED) is 0.741. The molecule has 2 fully saturated rings. The lowest BCUT2D eigenvalue weighted by atomic mass is 9.46. The molecule has 1 heterocycles. The fourth-order valence-electron chi connectivity index (χ4n) is 4.22. The molecule has 1 atom stereocenters. The van der Waals surface area contributed by atoms with Crippen LogP contribution in [0.5, 0.6) is 0 Å². The molecule has 2 aliphatic rings. The molecule has 108 valence electrons. The highest BCUT2D eigenvalue weighted by Gasteiger charge is 2.56. The lowest BCUT2D eigenvalue weighted by Gasteiger charge is -2.59. The molecule has 4 heteroatoms. The fourth-order valence-corrected chi connectivity index (χ4v) is 4.22. The zero-order valence-corrected chi connectivity index (χ0v) is 12.4. The lowest BCUT2D eigenvalue weighted by molar-refractivity contribution is -0.0362. The van der Waals surface area contributed by atoms with Crippen molar-refractivity contribution in [2.75, 3.05) is 20.2 Å². The van der Waals surface area contributed by atoms with E-state index >= 15 is 0 Å². The summed E-state index contributed by atoms with van der Waals surface area (Å²) in [5, 5.41) is 9.06. The molecule has 1 aliphatic carbocycles. The van der Waals surface area contributed by atoms with Gasteiger partial charge in [0.2, 0.25) is 0 Å². The van der Waals surface area contributed by atoms with Crippen LogP contribution in [0.3, 0.4) is 0 Å². The summed E-state index contributed by atoms with van der Waals surface area (Å²) < 4.78 is 5.20. The van der Waals surface area contributed by atoms with Gasteiger partial charge in [-0.3, -0.25) is 0 Å². The normalized spacial score (nSPS) is 28.3. The molecule has 1 saturated heterocycles. The van der Waals surface area contributed by atoms with Crippen molar-refractivity contribution in [3.63, 3.8) is 0 Å². The molecule has 0 bridgehead atoms. The zero-order chi connectivity index (χ0) is 14.3. The Labute approximate surface area is 115 Å². The number of amides is 1. The number of methoxy groups -OCH3 is 1. The Balaban J connectivity index is 2.13. The summed E-state index contributed by atoms with van der Waals surface area (Å²) in [5.41, 5.74) is 1.88. The number of allylic oxidation sites excluding steroid dienone is 1. The molecule has 0 aromatic carbocycles. The highest BCUT2D eigenvalue weighted by molar-refractivity contribution is 5.65. The number of piperidine rings is 1. The van der Waals surface area contributed by atoms with Crippen LogP contribution in [0.2, 0.25) is 0 Å². The number of hydrogen-bond donors (Lipinski definition) is 1. The van der Waals surface area contributed by atoms with E-state index in [0.29, 0.717) is 19.0 Å². The first kappa shape index (κ1) is 14.2. The van der Waals surface area contributed by atoms with Gasteiger partial charge >= 0.3 is 6.09 Å². The summed E-state index contributed by atoms with van der Waals surface area (Å²) in [5.74, 6) is 0.510. The minimum absolute atomic E-state index is 0.202. The predicted octanol–water partition coefficient (Wildman–Crippen LogP) is 3.34. The Morgan fingerprint density at radius 1 is 1.42 bits per heavy atom. The summed E-state index contributed by atoms with van der Waals surface area (Å²) in [7, 11) is 1.70. The Kier molecular flexibility index (Phi) is 3.54. The second-order valence-electron chi connectivity index (χ2n) is 7.04. The van der Waals surface area contributed by atoms with E-state index in [-0.39, 0.29) is 10.8 Å². The molecule has 1 spiro atoms. The van der Waals surface area contributed by atoms with E-state index in [4.69, 9.17) is 9.84 Å². The van der Waals surface area contributed by atoms with Crippen molar-refractivity contribution in [2.24, 2.45) is 16.7 Å². The maximum Gasteiger partial charge on any atom is 0.407 e. The van der Waals surface area contributed by atoms with Crippen molar-refractivity contribution in [1.82, 2.24) is 4.90 Å². The van der Waals surface area contributed by atoms with Gasteiger partial charge in [-0.2, -0.15) is 0 Å². The Morgan fingerprint density at radius 3 is 2.42 bits per heavy atom. The smallest absolute Gasteiger partial charge is 0.407 e. The Morgan fingerprint density at radius 2 is 2.00 bits per heavy atom. The van der Waals surface area contributed by atoms with E-state index < -0.39 is 6.09 Å². The summed E-state index contributed by atoms with van der Waals surface area (Å²) in [6.07, 6.45) is 4.13. The zero-order valence-electron chi connectivity index (χ0n) is 12.4. The van der Waals surface area contributed by atoms with Crippen molar-refractivity contribution in [3.8, 4) is 0 Å². The van der Waals surface area contributed by atoms with Crippen LogP contribution in [-0.4, -0.2) is 36.3 Å². The van der Waals surface area contributed by atoms with E-state index in [9.17, 15) is 4.79 Å². The van der Waals surface area contributed by atoms with Gasteiger partial charge < -0.3 is 14.7 Å². The van der Waals surface area contributed by atoms with Gasteiger partial charge in [0.25, 0.3) is 0 Å². The Hall–Kier alpha value is -1.19. The third-order valence-corrected chi connectivity index (χ3v) is 4.70. The second-order valence-corrected chi connectivity index (χ2v) is 7.04. The molecule has 0 radical (unpaired) electrons. The maximum atomic E-state index is 11.0. The minimum atomic E-state index is -0.783. The highest BCUT2D eigenvalue weighted by Crippen LogP contribution is 2.62. The van der Waals surface area contributed by atoms with Crippen LogP contribution in [-0.2, 0) is 4.74 Å². The average Bonchev–Trinajstić information content (AvgIpc) is 2.26. The molecule has 4 nitrogen and oxygen atoms in total. The highest BCUT2D eigenvalue weighted by atomic mass is 16.5. The third kappa shape index (κ3) is 2.45. The molecule has 1 aliphatic heterocycles. The average molecular weight is 267 g/mol. The molecule has 1 amide bonds. The summed E-state index contributed by atoms with van der Waals surface area (Å²) >= 11 is 0. The second kappa shape index (κ2) is 4.73. The third-order valence-electron chi connectivity index (χ3n) is 4.70. The number of carbonyl (C=O) groups is 1. The van der Waals surface area contributed by atoms with Crippen molar-refractivity contribution in [1.29, 1.82) is 0 Å². The van der Waals surface area contributed by atoms with Gasteiger partial charge in [-0.25, -0.2) is 4.79 Å². The number of nitrogens with zero attached hydrogens (tertiary/aromatic N) is 1. The maximum absolute atomic E-state index is 11.0. The largest absolute Gasteiger partial charge is 0.504 e. The van der Waals surface area contributed by atoms with Crippen LogP contribution in [0, 0.1) is 16.7 Å². The number of hydrogen-bond acceptors (Lipinski definition) is 2. The van der Waals surface area contributed by atoms with Crippen LogP contribution < -0.4 is 0 Å². The molecule has 2 rings (SSSR count). The summed E-state index contributed by atoms with van der Waals surface area (Å²) in [6, 6.07) is 0. The van der Waals surface area contributed by atoms with Gasteiger partial charge in [-0.1, -0.05) is 20.8 Å². The first-order chi connectivity index (χ1) is 8.80. The van der Waals surface area contributed by atoms with E-state index in [1.807, 2.05) is 6.26 Å². The van der Waals surface area contributed by atoms with Crippen LogP contribution in [0.15, 0.2) is 11.8 Å². The van der Waals surface area contributed by atoms with Crippen molar-refractivity contribution in [2.45, 2.75) is 40.0 Å². The standard InChI is InChI=1S/C15H25NO3/c1-14(2,3)12-11(10-19-4)9-15(12)5-7-16(8-6-15)13(17)18/h10,12H,5-9H2,1-4H3,(H,17,18). The first-order valence-corrected chi connectivity index (χ1v) is 7.00. The van der Waals surface area contributed by atoms with Gasteiger partial charge in [0.1, 0.15) is 0 Å². The topological polar surface area (TPSA) is 49.8 Å². The number of likely N-dealkylation sites (tertiary alicyclic amines) is 1. The van der Waals surface area contributed by atoms with Gasteiger partial charge in [0.15, 0.2) is 0 Å². The van der Waals surface area contributed by atoms with Crippen LogP contribution in [0.25, 0.3) is 0 Å². The molecule has 1 saturated carbocycles. The molecule has 1 N–H and O–H groups in total. The molecule has 1 unspecified atom stereocenters.